The highest BCUT2D eigenvalue weighted by atomic mass is 19.1. The van der Waals surface area contributed by atoms with Crippen LogP contribution in [0.15, 0.2) is 23.0 Å². The second-order valence-corrected chi connectivity index (χ2v) is 4.44. The lowest BCUT2D eigenvalue weighted by Gasteiger charge is -2.05. The van der Waals surface area contributed by atoms with Crippen molar-refractivity contribution in [3.8, 4) is 5.69 Å². The monoisotopic (exact) mass is 268 g/mol. The van der Waals surface area contributed by atoms with Crippen molar-refractivity contribution in [2.75, 3.05) is 0 Å². The minimum atomic E-state index is -0.849. The van der Waals surface area contributed by atoms with Gasteiger partial charge in [-0.3, -0.25) is 0 Å². The van der Waals surface area contributed by atoms with Crippen LogP contribution in [-0.4, -0.2) is 19.8 Å². The van der Waals surface area contributed by atoms with E-state index in [1.807, 2.05) is 13.8 Å². The van der Waals surface area contributed by atoms with Crippen LogP contribution in [0.5, 0.6) is 0 Å². The molecule has 102 valence electrons. The van der Waals surface area contributed by atoms with E-state index in [0.717, 1.165) is 23.2 Å². The van der Waals surface area contributed by atoms with Gasteiger partial charge < -0.3 is 0 Å². The summed E-state index contributed by atoms with van der Waals surface area (Å²) in [6.45, 7) is 4.30. The quantitative estimate of drug-likeness (QED) is 0.849. The third kappa shape index (κ3) is 2.54. The third-order valence-electron chi connectivity index (χ3n) is 2.97. The van der Waals surface area contributed by atoms with Gasteiger partial charge in [-0.15, -0.1) is 0 Å². The largest absolute Gasteiger partial charge is 0.368 e. The first-order valence-electron chi connectivity index (χ1n) is 6.01. The zero-order valence-electron chi connectivity index (χ0n) is 10.7. The standard InChI is InChI=1S/C12H14F2N4O/c1-3-8(2)7-17-12(19)18(16-15-17)11-9(13)5-4-6-10(11)14/h4-6,8H,3,7H2,1-2H3/t8-/m1/s1. The Bertz CT molecular complexity index is 615. The second-order valence-electron chi connectivity index (χ2n) is 4.44. The smallest absolute Gasteiger partial charge is 0.244 e. The topological polar surface area (TPSA) is 52.7 Å². The minimum Gasteiger partial charge on any atom is -0.244 e. The molecule has 0 radical (unpaired) electrons. The number of nitrogens with zero attached hydrogens (tertiary/aromatic N) is 4. The normalized spacial score (nSPS) is 12.6. The Labute approximate surface area is 108 Å². The summed E-state index contributed by atoms with van der Waals surface area (Å²) < 4.78 is 28.9. The fraction of sp³-hybridized carbons (Fsp3) is 0.417. The first-order chi connectivity index (χ1) is 9.04. The zero-order valence-corrected chi connectivity index (χ0v) is 10.7. The van der Waals surface area contributed by atoms with Gasteiger partial charge in [0.2, 0.25) is 0 Å². The molecule has 1 aromatic carbocycles. The summed E-state index contributed by atoms with van der Waals surface area (Å²) in [6, 6.07) is 3.36. The highest BCUT2D eigenvalue weighted by molar-refractivity contribution is 5.33. The molecule has 0 amide bonds. The van der Waals surface area contributed by atoms with Gasteiger partial charge in [-0.1, -0.05) is 26.3 Å². The summed E-state index contributed by atoms with van der Waals surface area (Å²) in [5, 5.41) is 7.18. The summed E-state index contributed by atoms with van der Waals surface area (Å²) in [7, 11) is 0. The highest BCUT2D eigenvalue weighted by Crippen LogP contribution is 2.14. The van der Waals surface area contributed by atoms with E-state index in [2.05, 4.69) is 10.4 Å². The summed E-state index contributed by atoms with van der Waals surface area (Å²) in [5.74, 6) is -1.47. The molecule has 0 N–H and O–H groups in total. The number of benzene rings is 1. The molecule has 0 bridgehead atoms. The van der Waals surface area contributed by atoms with Gasteiger partial charge in [-0.25, -0.2) is 13.6 Å². The molecule has 0 saturated heterocycles. The number of tetrazole rings is 1. The van der Waals surface area contributed by atoms with E-state index in [4.69, 9.17) is 0 Å². The van der Waals surface area contributed by atoms with Gasteiger partial charge in [-0.2, -0.15) is 9.36 Å². The molecule has 7 heteroatoms. The molecule has 0 fully saturated rings. The van der Waals surface area contributed by atoms with Crippen LogP contribution in [0.25, 0.3) is 5.69 Å². The van der Waals surface area contributed by atoms with Gasteiger partial charge in [0.1, 0.15) is 5.69 Å². The molecule has 1 aromatic heterocycles. The van der Waals surface area contributed by atoms with E-state index in [9.17, 15) is 13.6 Å². The molecule has 0 aliphatic rings. The first-order valence-corrected chi connectivity index (χ1v) is 6.01. The predicted molar refractivity (Wildman–Crippen MR) is 65.0 cm³/mol. The van der Waals surface area contributed by atoms with E-state index >= 15 is 0 Å². The number of hydrogen-bond donors (Lipinski definition) is 0. The van der Waals surface area contributed by atoms with Crippen molar-refractivity contribution in [3.05, 3.63) is 40.3 Å². The van der Waals surface area contributed by atoms with Gasteiger partial charge in [-0.05, 0) is 28.5 Å². The van der Waals surface area contributed by atoms with Gasteiger partial charge in [0, 0.05) is 0 Å². The van der Waals surface area contributed by atoms with Crippen LogP contribution >= 0.6 is 0 Å². The van der Waals surface area contributed by atoms with Crippen LogP contribution in [0.3, 0.4) is 0 Å². The molecule has 5 nitrogen and oxygen atoms in total. The average molecular weight is 268 g/mol. The number of aromatic nitrogens is 4. The average Bonchev–Trinajstić information content (AvgIpc) is 2.71. The molecular formula is C12H14F2N4O. The van der Waals surface area contributed by atoms with Crippen molar-refractivity contribution in [2.45, 2.75) is 26.8 Å². The Hall–Kier alpha value is -2.05. The van der Waals surface area contributed by atoms with Crippen molar-refractivity contribution < 1.29 is 8.78 Å². The molecule has 19 heavy (non-hydrogen) atoms. The third-order valence-corrected chi connectivity index (χ3v) is 2.97. The highest BCUT2D eigenvalue weighted by Gasteiger charge is 2.17. The van der Waals surface area contributed by atoms with Crippen LogP contribution in [0.2, 0.25) is 0 Å². The maximum atomic E-state index is 13.6. The number of halogens is 2. The Kier molecular flexibility index (Phi) is 3.73. The van der Waals surface area contributed by atoms with E-state index in [-0.39, 0.29) is 5.92 Å². The van der Waals surface area contributed by atoms with E-state index in [0.29, 0.717) is 11.2 Å². The molecule has 0 unspecified atom stereocenters. The minimum absolute atomic E-state index is 0.230. The molecular weight excluding hydrogens is 254 g/mol. The molecule has 2 aromatic rings. The van der Waals surface area contributed by atoms with Crippen molar-refractivity contribution in [2.24, 2.45) is 5.92 Å². The Morgan fingerprint density at radius 3 is 2.47 bits per heavy atom. The summed E-state index contributed by atoms with van der Waals surface area (Å²) in [5.41, 5.74) is -1.15. The van der Waals surface area contributed by atoms with Crippen molar-refractivity contribution in [1.29, 1.82) is 0 Å². The van der Waals surface area contributed by atoms with Crippen molar-refractivity contribution in [3.63, 3.8) is 0 Å². The van der Waals surface area contributed by atoms with Gasteiger partial charge in [0.05, 0.1) is 6.54 Å². The fourth-order valence-corrected chi connectivity index (χ4v) is 1.64. The van der Waals surface area contributed by atoms with Gasteiger partial charge in [0.25, 0.3) is 0 Å². The molecule has 0 spiro atoms. The van der Waals surface area contributed by atoms with Gasteiger partial charge >= 0.3 is 5.69 Å². The van der Waals surface area contributed by atoms with Crippen LogP contribution in [-0.2, 0) is 6.54 Å². The molecule has 0 saturated carbocycles. The Balaban J connectivity index is 2.45. The zero-order chi connectivity index (χ0) is 14.0. The molecule has 0 aliphatic heterocycles. The number of rotatable bonds is 4. The lowest BCUT2D eigenvalue weighted by Crippen LogP contribution is -2.27. The maximum Gasteiger partial charge on any atom is 0.368 e. The van der Waals surface area contributed by atoms with Crippen LogP contribution in [0, 0.1) is 17.6 Å². The lowest BCUT2D eigenvalue weighted by molar-refractivity contribution is 0.423. The van der Waals surface area contributed by atoms with E-state index in [1.54, 1.807) is 0 Å². The summed E-state index contributed by atoms with van der Waals surface area (Å²) in [6.07, 6.45) is 0.868. The molecule has 1 atom stereocenters. The Morgan fingerprint density at radius 1 is 1.26 bits per heavy atom. The summed E-state index contributed by atoms with van der Waals surface area (Å²) in [4.78, 5) is 12.0. The Morgan fingerprint density at radius 2 is 1.89 bits per heavy atom. The van der Waals surface area contributed by atoms with E-state index in [1.165, 1.54) is 6.07 Å². The fourth-order valence-electron chi connectivity index (χ4n) is 1.64. The molecule has 0 aliphatic carbocycles. The van der Waals surface area contributed by atoms with Crippen molar-refractivity contribution >= 4 is 0 Å². The maximum absolute atomic E-state index is 13.6. The predicted octanol–water partition coefficient (Wildman–Crippen LogP) is 1.75. The number of hydrogen-bond acceptors (Lipinski definition) is 3. The van der Waals surface area contributed by atoms with Crippen LogP contribution in [0.1, 0.15) is 20.3 Å². The van der Waals surface area contributed by atoms with Crippen LogP contribution < -0.4 is 5.69 Å². The lowest BCUT2D eigenvalue weighted by atomic mass is 10.1. The first kappa shape index (κ1) is 13.4. The second kappa shape index (κ2) is 5.29. The van der Waals surface area contributed by atoms with E-state index < -0.39 is 23.0 Å². The SMILES string of the molecule is CC[C@@H](C)Cn1nnn(-c2c(F)cccc2F)c1=O. The van der Waals surface area contributed by atoms with Crippen LogP contribution in [0.4, 0.5) is 8.78 Å². The summed E-state index contributed by atoms with van der Waals surface area (Å²) >= 11 is 0. The number of para-hydroxylation sites is 1. The molecule has 2 rings (SSSR count). The molecule has 1 heterocycles. The van der Waals surface area contributed by atoms with Crippen molar-refractivity contribution in [1.82, 2.24) is 19.8 Å². The van der Waals surface area contributed by atoms with Gasteiger partial charge in [0.15, 0.2) is 11.6 Å².